The lowest BCUT2D eigenvalue weighted by atomic mass is 10.1. The molecule has 0 aromatic carbocycles. The molecule has 2 rings (SSSR count). The van der Waals surface area contributed by atoms with Gasteiger partial charge in [-0.25, -0.2) is 9.97 Å². The molecule has 0 amide bonds. The van der Waals surface area contributed by atoms with Gasteiger partial charge in [-0.1, -0.05) is 0 Å². The Bertz CT molecular complexity index is 666. The Morgan fingerprint density at radius 1 is 1.40 bits per heavy atom. The number of nitrogens with zero attached hydrogens (tertiary/aromatic N) is 3. The molecule has 0 atom stereocenters. The molecule has 0 bridgehead atoms. The Morgan fingerprint density at radius 3 is 2.85 bits per heavy atom. The van der Waals surface area contributed by atoms with E-state index in [0.717, 1.165) is 12.0 Å². The van der Waals surface area contributed by atoms with E-state index >= 15 is 0 Å². The van der Waals surface area contributed by atoms with Gasteiger partial charge >= 0.3 is 0 Å². The maximum absolute atomic E-state index is 11.9. The van der Waals surface area contributed by atoms with Crippen molar-refractivity contribution in [3.05, 3.63) is 51.2 Å². The van der Waals surface area contributed by atoms with Gasteiger partial charge in [0.2, 0.25) is 0 Å². The van der Waals surface area contributed by atoms with Crippen molar-refractivity contribution in [2.75, 3.05) is 13.7 Å². The quantitative estimate of drug-likeness (QED) is 0.642. The highest BCUT2D eigenvalue weighted by Crippen LogP contribution is 2.03. The van der Waals surface area contributed by atoms with Crippen LogP contribution in [0.3, 0.4) is 0 Å². The third-order valence-corrected chi connectivity index (χ3v) is 3.18. The van der Waals surface area contributed by atoms with Crippen LogP contribution in [0.2, 0.25) is 0 Å². The van der Waals surface area contributed by atoms with Crippen LogP contribution in [0.1, 0.15) is 17.5 Å². The number of rotatable bonds is 6. The van der Waals surface area contributed by atoms with Crippen LogP contribution in [0.25, 0.3) is 0 Å². The first-order valence-electron chi connectivity index (χ1n) is 6.26. The summed E-state index contributed by atoms with van der Waals surface area (Å²) in [7, 11) is 1.66. The van der Waals surface area contributed by atoms with Gasteiger partial charge in [0.05, 0.1) is 0 Å². The summed E-state index contributed by atoms with van der Waals surface area (Å²) in [5, 5.41) is 0. The third kappa shape index (κ3) is 3.82. The van der Waals surface area contributed by atoms with Gasteiger partial charge in [0, 0.05) is 50.8 Å². The smallest absolute Gasteiger partial charge is 0.255 e. The van der Waals surface area contributed by atoms with Crippen molar-refractivity contribution in [2.24, 2.45) is 0 Å². The van der Waals surface area contributed by atoms with Crippen molar-refractivity contribution in [3.63, 3.8) is 0 Å². The molecule has 0 aliphatic carbocycles. The summed E-state index contributed by atoms with van der Waals surface area (Å²) in [5.74, 6) is 0. The zero-order valence-electron chi connectivity index (χ0n) is 11.2. The molecule has 7 heteroatoms. The highest BCUT2D eigenvalue weighted by molar-refractivity contribution is 7.71. The standard InChI is InChI=1S/C13H16N4O2S/c1-19-4-2-3-17-8-11(12(18)16-13(17)20)5-10-6-14-9-15-7-10/h6-9H,2-5H2,1H3,(H,16,18,20). The lowest BCUT2D eigenvalue weighted by Gasteiger charge is -2.08. The third-order valence-electron chi connectivity index (χ3n) is 2.84. The van der Waals surface area contributed by atoms with Gasteiger partial charge in [-0.3, -0.25) is 9.78 Å². The number of ether oxygens (including phenoxy) is 1. The molecule has 2 aromatic rings. The molecule has 0 aliphatic rings. The maximum Gasteiger partial charge on any atom is 0.255 e. The molecule has 0 aliphatic heterocycles. The summed E-state index contributed by atoms with van der Waals surface area (Å²) in [6.45, 7) is 1.37. The van der Waals surface area contributed by atoms with Crippen molar-refractivity contribution >= 4 is 12.2 Å². The number of aryl methyl sites for hydroxylation is 1. The average Bonchev–Trinajstić information content (AvgIpc) is 2.45. The summed E-state index contributed by atoms with van der Waals surface area (Å²) in [4.78, 5) is 22.5. The number of aromatic amines is 1. The highest BCUT2D eigenvalue weighted by atomic mass is 32.1. The summed E-state index contributed by atoms with van der Waals surface area (Å²) in [5.41, 5.74) is 1.37. The van der Waals surface area contributed by atoms with Crippen LogP contribution in [0.15, 0.2) is 29.7 Å². The van der Waals surface area contributed by atoms with Gasteiger partial charge in [0.15, 0.2) is 4.77 Å². The Hall–Kier alpha value is -1.86. The van der Waals surface area contributed by atoms with E-state index in [2.05, 4.69) is 15.0 Å². The largest absolute Gasteiger partial charge is 0.385 e. The number of nitrogens with one attached hydrogen (secondary N) is 1. The second-order valence-electron chi connectivity index (χ2n) is 4.38. The lowest BCUT2D eigenvalue weighted by molar-refractivity contribution is 0.190. The molecule has 2 heterocycles. The Balaban J connectivity index is 2.22. The van der Waals surface area contributed by atoms with Crippen molar-refractivity contribution < 1.29 is 4.74 Å². The van der Waals surface area contributed by atoms with Gasteiger partial charge < -0.3 is 9.30 Å². The van der Waals surface area contributed by atoms with Gasteiger partial charge in [-0.05, 0) is 24.2 Å². The van der Waals surface area contributed by atoms with E-state index < -0.39 is 0 Å². The lowest BCUT2D eigenvalue weighted by Crippen LogP contribution is -2.19. The first kappa shape index (κ1) is 14.5. The van der Waals surface area contributed by atoms with E-state index in [4.69, 9.17) is 17.0 Å². The van der Waals surface area contributed by atoms with Crippen LogP contribution in [0, 0.1) is 4.77 Å². The van der Waals surface area contributed by atoms with E-state index in [1.807, 2.05) is 4.57 Å². The zero-order chi connectivity index (χ0) is 14.4. The minimum Gasteiger partial charge on any atom is -0.385 e. The maximum atomic E-state index is 11.9. The Kier molecular flexibility index (Phi) is 5.14. The van der Waals surface area contributed by atoms with Gasteiger partial charge in [0.25, 0.3) is 5.56 Å². The van der Waals surface area contributed by atoms with Crippen LogP contribution in [0.5, 0.6) is 0 Å². The van der Waals surface area contributed by atoms with E-state index in [1.165, 1.54) is 6.33 Å². The van der Waals surface area contributed by atoms with Crippen molar-refractivity contribution in [2.45, 2.75) is 19.4 Å². The van der Waals surface area contributed by atoms with Gasteiger partial charge in [-0.15, -0.1) is 0 Å². The fourth-order valence-electron chi connectivity index (χ4n) is 1.87. The number of hydrogen-bond acceptors (Lipinski definition) is 5. The van der Waals surface area contributed by atoms with Crippen LogP contribution >= 0.6 is 12.2 Å². The van der Waals surface area contributed by atoms with Crippen molar-refractivity contribution in [3.8, 4) is 0 Å². The molecular weight excluding hydrogens is 276 g/mol. The molecule has 2 aromatic heterocycles. The monoisotopic (exact) mass is 292 g/mol. The molecular formula is C13H16N4O2S. The fourth-order valence-corrected chi connectivity index (χ4v) is 2.10. The van der Waals surface area contributed by atoms with Gasteiger partial charge in [-0.2, -0.15) is 0 Å². The number of aromatic nitrogens is 4. The SMILES string of the molecule is COCCCn1cc(Cc2cncnc2)c(=O)[nH]c1=S. The molecule has 0 saturated carbocycles. The molecule has 0 fully saturated rings. The molecule has 6 nitrogen and oxygen atoms in total. The molecule has 20 heavy (non-hydrogen) atoms. The fraction of sp³-hybridized carbons (Fsp3) is 0.385. The highest BCUT2D eigenvalue weighted by Gasteiger charge is 2.05. The topological polar surface area (TPSA) is 72.8 Å². The normalized spacial score (nSPS) is 10.7. The summed E-state index contributed by atoms with van der Waals surface area (Å²) < 4.78 is 7.30. The minimum atomic E-state index is -0.165. The Labute approximate surface area is 121 Å². The second kappa shape index (κ2) is 7.06. The van der Waals surface area contributed by atoms with Crippen LogP contribution in [-0.4, -0.2) is 33.2 Å². The second-order valence-corrected chi connectivity index (χ2v) is 4.76. The summed E-state index contributed by atoms with van der Waals surface area (Å²) in [6.07, 6.45) is 7.97. The number of hydrogen-bond donors (Lipinski definition) is 1. The molecule has 106 valence electrons. The van der Waals surface area contributed by atoms with E-state index in [0.29, 0.717) is 29.9 Å². The van der Waals surface area contributed by atoms with E-state index in [-0.39, 0.29) is 5.56 Å². The molecule has 0 saturated heterocycles. The van der Waals surface area contributed by atoms with Crippen molar-refractivity contribution in [1.29, 1.82) is 0 Å². The van der Waals surface area contributed by atoms with Crippen molar-refractivity contribution in [1.82, 2.24) is 19.5 Å². The summed E-state index contributed by atoms with van der Waals surface area (Å²) in [6, 6.07) is 0. The first-order valence-corrected chi connectivity index (χ1v) is 6.67. The first-order chi connectivity index (χ1) is 9.70. The molecule has 1 N–H and O–H groups in total. The van der Waals surface area contributed by atoms with Crippen LogP contribution in [-0.2, 0) is 17.7 Å². The zero-order valence-corrected chi connectivity index (χ0v) is 12.0. The molecule has 0 unspecified atom stereocenters. The summed E-state index contributed by atoms with van der Waals surface area (Å²) >= 11 is 5.16. The molecule has 0 spiro atoms. The minimum absolute atomic E-state index is 0.165. The van der Waals surface area contributed by atoms with Crippen LogP contribution in [0.4, 0.5) is 0 Å². The average molecular weight is 292 g/mol. The van der Waals surface area contributed by atoms with E-state index in [9.17, 15) is 4.79 Å². The Morgan fingerprint density at radius 2 is 2.15 bits per heavy atom. The number of H-pyrrole nitrogens is 1. The predicted octanol–water partition coefficient (Wildman–Crippen LogP) is 1.32. The molecule has 0 radical (unpaired) electrons. The van der Waals surface area contributed by atoms with Crippen LogP contribution < -0.4 is 5.56 Å². The van der Waals surface area contributed by atoms with E-state index in [1.54, 1.807) is 25.7 Å². The predicted molar refractivity (Wildman–Crippen MR) is 77.2 cm³/mol. The van der Waals surface area contributed by atoms with Gasteiger partial charge in [0.1, 0.15) is 6.33 Å². The number of methoxy groups -OCH3 is 1.